The zero-order valence-electron chi connectivity index (χ0n) is 6.27. The Labute approximate surface area is 75.2 Å². The molecule has 0 aromatic rings. The maximum absolute atomic E-state index is 9.47. The lowest BCUT2D eigenvalue weighted by Crippen LogP contribution is -2.04. The number of rotatable bonds is 1. The van der Waals surface area contributed by atoms with Gasteiger partial charge >= 0.3 is 16.5 Å². The summed E-state index contributed by atoms with van der Waals surface area (Å²) in [5, 5.41) is 0. The van der Waals surface area contributed by atoms with Crippen molar-refractivity contribution < 1.29 is 33.5 Å². The monoisotopic (exact) mass is 233 g/mol. The van der Waals surface area contributed by atoms with Gasteiger partial charge in [0.05, 0.1) is 0 Å². The Morgan fingerprint density at radius 1 is 1.15 bits per heavy atom. The Balaban J connectivity index is -0.000000117. The van der Waals surface area contributed by atoms with E-state index in [1.807, 2.05) is 0 Å². The van der Waals surface area contributed by atoms with E-state index in [1.165, 1.54) is 0 Å². The first-order valence-electron chi connectivity index (χ1n) is 2.35. The van der Waals surface area contributed by atoms with Crippen molar-refractivity contribution in [3.05, 3.63) is 12.7 Å². The van der Waals surface area contributed by atoms with E-state index in [4.69, 9.17) is 28.7 Å². The molecule has 0 aliphatic heterocycles. The second kappa shape index (κ2) is 13.8. The maximum atomic E-state index is 9.47. The molecular weight excluding hydrogens is 224 g/mol. The largest absolute Gasteiger partial charge is 0.692 e. The van der Waals surface area contributed by atoms with Crippen LogP contribution in [0.1, 0.15) is 0 Å². The lowest BCUT2D eigenvalue weighted by Gasteiger charge is -1.65. The van der Waals surface area contributed by atoms with Crippen LogP contribution in [0.2, 0.25) is 0 Å². The van der Waals surface area contributed by atoms with Crippen molar-refractivity contribution in [2.45, 2.75) is 0 Å². The van der Waals surface area contributed by atoms with E-state index in [0.717, 1.165) is 6.08 Å². The first kappa shape index (κ1) is 18.1. The van der Waals surface area contributed by atoms with Crippen molar-refractivity contribution in [1.82, 2.24) is 0 Å². The second-order valence-corrected chi connectivity index (χ2v) is 2.12. The summed E-state index contributed by atoms with van der Waals surface area (Å²) < 4.78 is 17.4. The quantitative estimate of drug-likeness (QED) is 0.284. The lowest BCUT2D eigenvalue weighted by atomic mass is 10.6. The Morgan fingerprint density at radius 3 is 1.23 bits per heavy atom. The Morgan fingerprint density at radius 2 is 1.23 bits per heavy atom. The van der Waals surface area contributed by atoms with Crippen molar-refractivity contribution in [3.63, 3.8) is 0 Å². The second-order valence-electron chi connectivity index (χ2n) is 1.11. The first-order chi connectivity index (χ1) is 5.73. The van der Waals surface area contributed by atoms with Gasteiger partial charge in [-0.05, 0) is 6.08 Å². The molecule has 76 valence electrons. The van der Waals surface area contributed by atoms with Crippen LogP contribution in [0.4, 0.5) is 0 Å². The summed E-state index contributed by atoms with van der Waals surface area (Å²) in [4.78, 5) is 38.0. The molecule has 0 aliphatic rings. The van der Waals surface area contributed by atoms with Gasteiger partial charge in [-0.1, -0.05) is 6.58 Å². The van der Waals surface area contributed by atoms with Crippen LogP contribution in [0.25, 0.3) is 0 Å². The van der Waals surface area contributed by atoms with Crippen molar-refractivity contribution in [3.8, 4) is 0 Å². The Kier molecular flexibility index (Phi) is 19.3. The van der Waals surface area contributed by atoms with Crippen LogP contribution in [0.3, 0.4) is 0 Å². The molecule has 0 saturated carbocycles. The van der Waals surface area contributed by atoms with Crippen LogP contribution in [0.15, 0.2) is 12.7 Å². The van der Waals surface area contributed by atoms with E-state index in [0.29, 0.717) is 0 Å². The zero-order chi connectivity index (χ0) is 11.4. The van der Waals surface area contributed by atoms with E-state index in [1.54, 1.807) is 0 Å². The predicted molar refractivity (Wildman–Crippen MR) is 43.5 cm³/mol. The van der Waals surface area contributed by atoms with Gasteiger partial charge in [0.2, 0.25) is 5.91 Å². The third kappa shape index (κ3) is 616. The fourth-order valence-electron chi connectivity index (χ4n) is 0. The minimum Gasteiger partial charge on any atom is -0.366 e. The van der Waals surface area contributed by atoms with Crippen LogP contribution in [-0.4, -0.2) is 25.5 Å². The predicted octanol–water partition coefficient (Wildman–Crippen LogP) is -1.09. The molecule has 0 unspecified atom stereocenters. The average Bonchev–Trinajstić information content (AvgIpc) is 1.84. The molecule has 0 spiro atoms. The number of nitrogens with two attached hydrogens (primary N) is 1. The smallest absolute Gasteiger partial charge is 0.366 e. The lowest BCUT2D eigenvalue weighted by molar-refractivity contribution is -0.113. The fourth-order valence-corrected chi connectivity index (χ4v) is 0. The van der Waals surface area contributed by atoms with Crippen molar-refractivity contribution in [2.24, 2.45) is 5.73 Å². The molecule has 0 aliphatic carbocycles. The maximum Gasteiger partial charge on any atom is 0.692 e. The highest BCUT2D eigenvalue weighted by molar-refractivity contribution is 7.31. The molecule has 0 fully saturated rings. The molecular formula is C3H9NO7P2+2. The van der Waals surface area contributed by atoms with Gasteiger partial charge in [0, 0.05) is 9.13 Å². The highest BCUT2D eigenvalue weighted by Gasteiger charge is 1.93. The Bertz CT molecular complexity index is 172. The normalized spacial score (nSPS) is 6.46. The molecule has 0 bridgehead atoms. The van der Waals surface area contributed by atoms with E-state index >= 15 is 0 Å². The summed E-state index contributed by atoms with van der Waals surface area (Å²) in [5.74, 6) is -0.481. The average molecular weight is 233 g/mol. The Hall–Kier alpha value is -0.750. The van der Waals surface area contributed by atoms with Gasteiger partial charge < -0.3 is 5.73 Å². The number of hydrogen-bond donors (Lipinski definition) is 5. The molecule has 0 heterocycles. The number of hydrogen-bond acceptors (Lipinski definition) is 3. The molecule has 1 amide bonds. The summed E-state index contributed by atoms with van der Waals surface area (Å²) in [7, 11) is -5.74. The number of carbonyl (C=O) groups is 1. The molecule has 0 atom stereocenters. The van der Waals surface area contributed by atoms with Crippen molar-refractivity contribution in [1.29, 1.82) is 0 Å². The number of amides is 1. The zero-order valence-corrected chi connectivity index (χ0v) is 8.06. The summed E-state index contributed by atoms with van der Waals surface area (Å²) in [6, 6.07) is 0. The van der Waals surface area contributed by atoms with Gasteiger partial charge in [-0.3, -0.25) is 4.79 Å². The molecule has 0 aromatic carbocycles. The molecule has 0 radical (unpaired) electrons. The van der Waals surface area contributed by atoms with Gasteiger partial charge in [-0.15, -0.1) is 19.6 Å². The summed E-state index contributed by atoms with van der Waals surface area (Å²) in [6.45, 7) is 3.09. The van der Waals surface area contributed by atoms with Gasteiger partial charge in [-0.2, -0.15) is 0 Å². The van der Waals surface area contributed by atoms with E-state index in [-0.39, 0.29) is 0 Å². The van der Waals surface area contributed by atoms with Crippen molar-refractivity contribution >= 4 is 22.4 Å². The van der Waals surface area contributed by atoms with Crippen molar-refractivity contribution in [2.75, 3.05) is 0 Å². The highest BCUT2D eigenvalue weighted by Crippen LogP contribution is 1.98. The molecule has 10 heteroatoms. The standard InChI is InChI=1S/C3H5NO.2HO3P/c1-2-3(4)5;2*1-4(2)3/h2H,1H2,(H2,4,5);2*(H-,1,2,3)/p+2. The number of carbonyl (C=O) groups excluding carboxylic acids is 1. The third-order valence-corrected chi connectivity index (χ3v) is 0.201. The minimum atomic E-state index is -2.87. The van der Waals surface area contributed by atoms with Gasteiger partial charge in [0.15, 0.2) is 0 Å². The SMILES string of the molecule is C=CC(N)=O.O=[P+](O)O.O=[P+](O)O. The fraction of sp³-hybridized carbons (Fsp3) is 0. The van der Waals surface area contributed by atoms with Gasteiger partial charge in [-0.25, -0.2) is 0 Å². The summed E-state index contributed by atoms with van der Waals surface area (Å²) in [5.41, 5.74) is 4.53. The topological polar surface area (TPSA) is 158 Å². The molecule has 6 N–H and O–H groups in total. The summed E-state index contributed by atoms with van der Waals surface area (Å²) in [6.07, 6.45) is 1.06. The molecule has 0 aromatic heterocycles. The molecule has 0 saturated heterocycles. The van der Waals surface area contributed by atoms with E-state index in [9.17, 15) is 4.79 Å². The summed E-state index contributed by atoms with van der Waals surface area (Å²) >= 11 is 0. The van der Waals surface area contributed by atoms with Crippen LogP contribution >= 0.6 is 16.5 Å². The van der Waals surface area contributed by atoms with Gasteiger partial charge in [0.1, 0.15) is 0 Å². The van der Waals surface area contributed by atoms with Crippen LogP contribution in [0.5, 0.6) is 0 Å². The van der Waals surface area contributed by atoms with Gasteiger partial charge in [0.25, 0.3) is 0 Å². The van der Waals surface area contributed by atoms with Crippen LogP contribution in [-0.2, 0) is 13.9 Å². The number of primary amides is 1. The van der Waals surface area contributed by atoms with E-state index < -0.39 is 22.4 Å². The molecule has 13 heavy (non-hydrogen) atoms. The molecule has 0 rings (SSSR count). The van der Waals surface area contributed by atoms with E-state index in [2.05, 4.69) is 12.3 Å². The first-order valence-corrected chi connectivity index (χ1v) is 4.69. The van der Waals surface area contributed by atoms with Crippen LogP contribution in [0, 0.1) is 0 Å². The third-order valence-electron chi connectivity index (χ3n) is 0.201. The molecule has 8 nitrogen and oxygen atoms in total. The van der Waals surface area contributed by atoms with Crippen LogP contribution < -0.4 is 5.73 Å². The highest BCUT2D eigenvalue weighted by atomic mass is 31.1. The minimum absolute atomic E-state index is 0.481.